The number of hydrogen-bond donors (Lipinski definition) is 2. The predicted octanol–water partition coefficient (Wildman–Crippen LogP) is 1.33. The third kappa shape index (κ3) is 8.68. The van der Waals surface area contributed by atoms with Gasteiger partial charge < -0.3 is 15.2 Å². The van der Waals surface area contributed by atoms with Crippen LogP contribution in [0.5, 0.6) is 0 Å². The summed E-state index contributed by atoms with van der Waals surface area (Å²) in [5.41, 5.74) is -0.0374. The second-order valence-electron chi connectivity index (χ2n) is 4.72. The predicted molar refractivity (Wildman–Crippen MR) is 64.2 cm³/mol. The van der Waals surface area contributed by atoms with Crippen molar-refractivity contribution in [3.05, 3.63) is 0 Å². The molecular formula is C12H25NO3. The van der Waals surface area contributed by atoms with E-state index < -0.39 is 0 Å². The van der Waals surface area contributed by atoms with E-state index in [-0.39, 0.29) is 17.9 Å². The van der Waals surface area contributed by atoms with Crippen molar-refractivity contribution in [2.45, 2.75) is 40.0 Å². The fourth-order valence-corrected chi connectivity index (χ4v) is 1.30. The van der Waals surface area contributed by atoms with E-state index in [1.54, 1.807) is 0 Å². The lowest BCUT2D eigenvalue weighted by molar-refractivity contribution is -0.121. The zero-order valence-corrected chi connectivity index (χ0v) is 10.7. The molecule has 0 spiro atoms. The molecule has 4 heteroatoms. The van der Waals surface area contributed by atoms with Gasteiger partial charge in [-0.25, -0.2) is 0 Å². The van der Waals surface area contributed by atoms with Gasteiger partial charge in [-0.2, -0.15) is 0 Å². The first-order valence-electron chi connectivity index (χ1n) is 5.97. The molecule has 1 amide bonds. The van der Waals surface area contributed by atoms with Crippen molar-refractivity contribution < 1.29 is 14.6 Å². The van der Waals surface area contributed by atoms with Crippen LogP contribution in [0.3, 0.4) is 0 Å². The molecule has 0 heterocycles. The van der Waals surface area contributed by atoms with Crippen LogP contribution >= 0.6 is 0 Å². The summed E-state index contributed by atoms with van der Waals surface area (Å²) < 4.78 is 5.15. The molecule has 0 rings (SSSR count). The van der Waals surface area contributed by atoms with Gasteiger partial charge in [-0.1, -0.05) is 13.8 Å². The number of amides is 1. The molecule has 16 heavy (non-hydrogen) atoms. The summed E-state index contributed by atoms with van der Waals surface area (Å²) >= 11 is 0. The topological polar surface area (TPSA) is 58.6 Å². The molecule has 0 unspecified atom stereocenters. The van der Waals surface area contributed by atoms with E-state index in [1.165, 1.54) is 0 Å². The average molecular weight is 231 g/mol. The average Bonchev–Trinajstić information content (AvgIpc) is 2.22. The highest BCUT2D eigenvalue weighted by Crippen LogP contribution is 2.17. The molecule has 0 aromatic rings. The Morgan fingerprint density at radius 3 is 2.69 bits per heavy atom. The highest BCUT2D eigenvalue weighted by Gasteiger charge is 2.17. The van der Waals surface area contributed by atoms with E-state index in [4.69, 9.17) is 9.84 Å². The van der Waals surface area contributed by atoms with E-state index in [2.05, 4.69) is 5.32 Å². The smallest absolute Gasteiger partial charge is 0.220 e. The van der Waals surface area contributed by atoms with Crippen LogP contribution in [0.1, 0.15) is 40.0 Å². The van der Waals surface area contributed by atoms with Crippen molar-refractivity contribution >= 4 is 5.91 Å². The van der Waals surface area contributed by atoms with Crippen LogP contribution in [0.15, 0.2) is 0 Å². The van der Waals surface area contributed by atoms with Crippen LogP contribution < -0.4 is 5.32 Å². The molecule has 0 bridgehead atoms. The summed E-state index contributed by atoms with van der Waals surface area (Å²) in [5, 5.41) is 11.7. The Bertz CT molecular complexity index is 193. The fourth-order valence-electron chi connectivity index (χ4n) is 1.30. The Morgan fingerprint density at radius 2 is 2.12 bits per heavy atom. The van der Waals surface area contributed by atoms with Crippen LogP contribution in [0, 0.1) is 5.41 Å². The van der Waals surface area contributed by atoms with Gasteiger partial charge in [0.15, 0.2) is 0 Å². The summed E-state index contributed by atoms with van der Waals surface area (Å²) in [6, 6.07) is 0. The number of rotatable bonds is 9. The zero-order chi connectivity index (χ0) is 12.4. The van der Waals surface area contributed by atoms with Gasteiger partial charge in [0.25, 0.3) is 0 Å². The molecule has 0 saturated carbocycles. The Hall–Kier alpha value is -0.610. The van der Waals surface area contributed by atoms with Crippen LogP contribution in [-0.4, -0.2) is 37.4 Å². The number of hydrogen-bond acceptors (Lipinski definition) is 3. The van der Waals surface area contributed by atoms with E-state index in [1.807, 2.05) is 20.8 Å². The van der Waals surface area contributed by atoms with Gasteiger partial charge in [-0.15, -0.1) is 0 Å². The van der Waals surface area contributed by atoms with Crippen molar-refractivity contribution in [3.63, 3.8) is 0 Å². The fraction of sp³-hybridized carbons (Fsp3) is 0.917. The summed E-state index contributed by atoms with van der Waals surface area (Å²) in [5.74, 6) is 0.0608. The molecule has 0 aliphatic heterocycles. The van der Waals surface area contributed by atoms with Crippen molar-refractivity contribution in [1.29, 1.82) is 0 Å². The first-order chi connectivity index (χ1) is 7.52. The summed E-state index contributed by atoms with van der Waals surface area (Å²) in [4.78, 5) is 11.4. The van der Waals surface area contributed by atoms with Crippen LogP contribution in [0.4, 0.5) is 0 Å². The third-order valence-electron chi connectivity index (χ3n) is 2.45. The van der Waals surface area contributed by atoms with Crippen LogP contribution in [0.25, 0.3) is 0 Å². The Kier molecular flexibility index (Phi) is 8.21. The van der Waals surface area contributed by atoms with Crippen LogP contribution in [0.2, 0.25) is 0 Å². The van der Waals surface area contributed by atoms with Gasteiger partial charge in [0.05, 0.1) is 0 Å². The van der Waals surface area contributed by atoms with Crippen molar-refractivity contribution in [2.75, 3.05) is 26.4 Å². The van der Waals surface area contributed by atoms with Crippen molar-refractivity contribution in [1.82, 2.24) is 5.32 Å². The maximum absolute atomic E-state index is 11.4. The minimum Gasteiger partial charge on any atom is -0.396 e. The number of ether oxygens (including phenoxy) is 1. The number of carbonyl (C=O) groups is 1. The highest BCUT2D eigenvalue weighted by atomic mass is 16.5. The second-order valence-corrected chi connectivity index (χ2v) is 4.72. The Balaban J connectivity index is 3.56. The van der Waals surface area contributed by atoms with E-state index in [0.29, 0.717) is 32.6 Å². The lowest BCUT2D eigenvalue weighted by Crippen LogP contribution is -2.34. The summed E-state index contributed by atoms with van der Waals surface area (Å²) in [6.45, 7) is 8.12. The van der Waals surface area contributed by atoms with Crippen molar-refractivity contribution in [2.24, 2.45) is 5.41 Å². The van der Waals surface area contributed by atoms with Crippen LogP contribution in [-0.2, 0) is 9.53 Å². The molecule has 96 valence electrons. The molecule has 0 fully saturated rings. The Labute approximate surface area is 98.4 Å². The number of aliphatic hydroxyl groups excluding tert-OH is 1. The first kappa shape index (κ1) is 15.4. The summed E-state index contributed by atoms with van der Waals surface area (Å²) in [7, 11) is 0. The van der Waals surface area contributed by atoms with E-state index in [0.717, 1.165) is 6.42 Å². The lowest BCUT2D eigenvalue weighted by atomic mass is 9.90. The quantitative estimate of drug-likeness (QED) is 0.589. The Morgan fingerprint density at radius 1 is 1.44 bits per heavy atom. The standard InChI is InChI=1S/C12H25NO3/c1-4-16-9-5-6-11(15)13-10-12(2,3)7-8-14/h14H,4-10H2,1-3H3,(H,13,15). The summed E-state index contributed by atoms with van der Waals surface area (Å²) in [6.07, 6.45) is 1.97. The van der Waals surface area contributed by atoms with Gasteiger partial charge in [0, 0.05) is 32.8 Å². The monoisotopic (exact) mass is 231 g/mol. The van der Waals surface area contributed by atoms with Crippen molar-refractivity contribution in [3.8, 4) is 0 Å². The molecule has 2 N–H and O–H groups in total. The highest BCUT2D eigenvalue weighted by molar-refractivity contribution is 5.75. The van der Waals surface area contributed by atoms with Gasteiger partial charge >= 0.3 is 0 Å². The molecule has 0 saturated heterocycles. The molecule has 4 nitrogen and oxygen atoms in total. The second kappa shape index (κ2) is 8.53. The lowest BCUT2D eigenvalue weighted by Gasteiger charge is -2.23. The molecular weight excluding hydrogens is 206 g/mol. The maximum Gasteiger partial charge on any atom is 0.220 e. The van der Waals surface area contributed by atoms with Gasteiger partial charge in [0.1, 0.15) is 0 Å². The number of aliphatic hydroxyl groups is 1. The van der Waals surface area contributed by atoms with Gasteiger partial charge in [-0.3, -0.25) is 4.79 Å². The minimum atomic E-state index is -0.0374. The first-order valence-corrected chi connectivity index (χ1v) is 5.97. The minimum absolute atomic E-state index is 0.0374. The third-order valence-corrected chi connectivity index (χ3v) is 2.45. The largest absolute Gasteiger partial charge is 0.396 e. The molecule has 0 aromatic heterocycles. The van der Waals surface area contributed by atoms with Gasteiger partial charge in [-0.05, 0) is 25.2 Å². The molecule has 0 atom stereocenters. The molecule has 0 aliphatic carbocycles. The number of carbonyl (C=O) groups excluding carboxylic acids is 1. The van der Waals surface area contributed by atoms with E-state index >= 15 is 0 Å². The number of nitrogens with one attached hydrogen (secondary N) is 1. The molecule has 0 radical (unpaired) electrons. The normalized spacial score (nSPS) is 11.5. The molecule has 0 aromatic carbocycles. The SMILES string of the molecule is CCOCCCC(=O)NCC(C)(C)CCO. The zero-order valence-electron chi connectivity index (χ0n) is 10.7. The van der Waals surface area contributed by atoms with E-state index in [9.17, 15) is 4.79 Å². The van der Waals surface area contributed by atoms with Gasteiger partial charge in [0.2, 0.25) is 5.91 Å². The maximum atomic E-state index is 11.4. The molecule has 0 aliphatic rings.